The van der Waals surface area contributed by atoms with Gasteiger partial charge in [0, 0.05) is 0 Å². The van der Waals surface area contributed by atoms with Crippen LogP contribution in [0.3, 0.4) is 0 Å². The largest absolute Gasteiger partial charge is 0.298 e. The average molecular weight is 162 g/mol. The second-order valence-electron chi connectivity index (χ2n) is 1.01. The predicted octanol–water partition coefficient (Wildman–Crippen LogP) is 0.864. The summed E-state index contributed by atoms with van der Waals surface area (Å²) in [7, 11) is 0. The highest BCUT2D eigenvalue weighted by molar-refractivity contribution is 9.09. The van der Waals surface area contributed by atoms with E-state index >= 15 is 0 Å². The molecule has 7 heavy (non-hydrogen) atoms. The second kappa shape index (κ2) is 3.82. The molecular weight excluding hydrogens is 158 g/mol. The zero-order chi connectivity index (χ0) is 5.70. The van der Waals surface area contributed by atoms with Crippen LogP contribution >= 0.6 is 15.9 Å². The lowest BCUT2D eigenvalue weighted by atomic mass is 10.3. The van der Waals surface area contributed by atoms with Crippen molar-refractivity contribution in [3.63, 3.8) is 0 Å². The van der Waals surface area contributed by atoms with Crippen LogP contribution in [0.25, 0.3) is 0 Å². The minimum absolute atomic E-state index is 0.0191. The molecule has 0 aliphatic rings. The van der Waals surface area contributed by atoms with Gasteiger partial charge in [-0.15, -0.1) is 0 Å². The Morgan fingerprint density at radius 2 is 2.43 bits per heavy atom. The van der Waals surface area contributed by atoms with Gasteiger partial charge in [0.25, 0.3) is 0 Å². The van der Waals surface area contributed by atoms with Gasteiger partial charge < -0.3 is 0 Å². The highest BCUT2D eigenvalue weighted by Crippen LogP contribution is 1.85. The van der Waals surface area contributed by atoms with Crippen molar-refractivity contribution < 1.29 is 4.79 Å². The third kappa shape index (κ3) is 3.47. The minimum atomic E-state index is -0.0671. The van der Waals surface area contributed by atoms with Crippen molar-refractivity contribution in [2.45, 2.75) is 6.42 Å². The lowest BCUT2D eigenvalue weighted by molar-refractivity contribution is -0.115. The van der Waals surface area contributed by atoms with Crippen molar-refractivity contribution in [1.29, 1.82) is 5.26 Å². The van der Waals surface area contributed by atoms with E-state index in [2.05, 4.69) is 15.9 Å². The number of carbonyl (C=O) groups is 1. The van der Waals surface area contributed by atoms with Crippen LogP contribution in [-0.4, -0.2) is 11.1 Å². The molecule has 0 aromatic heterocycles. The monoisotopic (exact) mass is 161 g/mol. The van der Waals surface area contributed by atoms with Crippen LogP contribution in [0.4, 0.5) is 0 Å². The number of halogens is 1. The van der Waals surface area contributed by atoms with Crippen LogP contribution in [0.5, 0.6) is 0 Å². The summed E-state index contributed by atoms with van der Waals surface area (Å²) in [5, 5.41) is 8.17. The molecule has 0 fully saturated rings. The Labute approximate surface area is 50.3 Å². The molecule has 0 radical (unpaired) electrons. The summed E-state index contributed by atoms with van der Waals surface area (Å²) >= 11 is 2.92. The van der Waals surface area contributed by atoms with Crippen molar-refractivity contribution in [3.05, 3.63) is 0 Å². The maximum atomic E-state index is 10.1. The summed E-state index contributed by atoms with van der Waals surface area (Å²) in [6, 6.07) is 1.74. The Hall–Kier alpha value is -0.360. The van der Waals surface area contributed by atoms with Crippen molar-refractivity contribution in [3.8, 4) is 6.07 Å². The highest BCUT2D eigenvalue weighted by atomic mass is 79.9. The van der Waals surface area contributed by atoms with Gasteiger partial charge in [0.2, 0.25) is 0 Å². The summed E-state index contributed by atoms with van der Waals surface area (Å²) in [5.41, 5.74) is 0. The second-order valence-corrected chi connectivity index (χ2v) is 1.57. The van der Waals surface area contributed by atoms with E-state index in [0.29, 0.717) is 5.33 Å². The van der Waals surface area contributed by atoms with E-state index in [1.807, 2.05) is 0 Å². The number of nitrogens with zero attached hydrogens (tertiary/aromatic N) is 1. The Morgan fingerprint density at radius 3 is 2.57 bits per heavy atom. The third-order valence-corrected chi connectivity index (χ3v) is 1.05. The number of nitriles is 1. The third-order valence-electron chi connectivity index (χ3n) is 0.425. The van der Waals surface area contributed by atoms with Crippen LogP contribution in [0, 0.1) is 11.3 Å². The summed E-state index contributed by atoms with van der Waals surface area (Å²) in [6.07, 6.45) is 0.0191. The number of hydrogen-bond acceptors (Lipinski definition) is 2. The van der Waals surface area contributed by atoms with E-state index in [1.165, 1.54) is 0 Å². The number of ketones is 1. The van der Waals surface area contributed by atoms with Crippen LogP contribution in [0.15, 0.2) is 0 Å². The quantitative estimate of drug-likeness (QED) is 0.565. The van der Waals surface area contributed by atoms with Gasteiger partial charge in [0.1, 0.15) is 0 Å². The van der Waals surface area contributed by atoms with Crippen LogP contribution in [0.1, 0.15) is 6.42 Å². The molecule has 0 rings (SSSR count). The molecule has 0 N–H and O–H groups in total. The normalized spacial score (nSPS) is 7.43. The molecular formula is C4H4BrNO. The smallest absolute Gasteiger partial charge is 0.157 e. The maximum Gasteiger partial charge on any atom is 0.157 e. The summed E-state index contributed by atoms with van der Waals surface area (Å²) in [4.78, 5) is 10.1. The molecule has 0 unspecified atom stereocenters. The van der Waals surface area contributed by atoms with Gasteiger partial charge in [-0.2, -0.15) is 5.26 Å². The SMILES string of the molecule is N#CCC(=O)CBr. The Kier molecular flexibility index (Phi) is 3.62. The van der Waals surface area contributed by atoms with Crippen LogP contribution in [0.2, 0.25) is 0 Å². The Bertz CT molecular complexity index is 105. The molecule has 0 atom stereocenters. The van der Waals surface area contributed by atoms with Gasteiger partial charge >= 0.3 is 0 Å². The van der Waals surface area contributed by atoms with Gasteiger partial charge in [0.15, 0.2) is 5.78 Å². The van der Waals surface area contributed by atoms with E-state index in [-0.39, 0.29) is 12.2 Å². The predicted molar refractivity (Wildman–Crippen MR) is 29.0 cm³/mol. The van der Waals surface area contributed by atoms with Gasteiger partial charge in [-0.05, 0) is 0 Å². The molecule has 0 spiro atoms. The summed E-state index contributed by atoms with van der Waals surface area (Å²) in [5.74, 6) is -0.0671. The number of carbonyl (C=O) groups excluding carboxylic acids is 1. The van der Waals surface area contributed by atoms with Gasteiger partial charge in [-0.1, -0.05) is 15.9 Å². The zero-order valence-electron chi connectivity index (χ0n) is 3.65. The first-order valence-electron chi connectivity index (χ1n) is 1.76. The van der Waals surface area contributed by atoms with E-state index < -0.39 is 0 Å². The average Bonchev–Trinajstić information content (AvgIpc) is 1.68. The molecule has 2 nitrogen and oxygen atoms in total. The Morgan fingerprint density at radius 1 is 1.86 bits per heavy atom. The fourth-order valence-electron chi connectivity index (χ4n) is 0.135. The van der Waals surface area contributed by atoms with Crippen molar-refractivity contribution >= 4 is 21.7 Å². The molecule has 0 amide bonds. The molecule has 0 aromatic rings. The van der Waals surface area contributed by atoms with Crippen molar-refractivity contribution in [1.82, 2.24) is 0 Å². The van der Waals surface area contributed by atoms with E-state index in [0.717, 1.165) is 0 Å². The van der Waals surface area contributed by atoms with E-state index in [1.54, 1.807) is 6.07 Å². The molecule has 0 aromatic carbocycles. The lowest BCUT2D eigenvalue weighted by Crippen LogP contribution is -1.94. The number of alkyl halides is 1. The first-order valence-corrected chi connectivity index (χ1v) is 2.88. The van der Waals surface area contributed by atoms with Gasteiger partial charge in [0.05, 0.1) is 17.8 Å². The summed E-state index contributed by atoms with van der Waals surface area (Å²) in [6.45, 7) is 0. The first-order chi connectivity index (χ1) is 3.31. The molecule has 0 heterocycles. The van der Waals surface area contributed by atoms with E-state index in [4.69, 9.17) is 5.26 Å². The molecule has 3 heteroatoms. The topological polar surface area (TPSA) is 40.9 Å². The number of rotatable bonds is 2. The highest BCUT2D eigenvalue weighted by Gasteiger charge is 1.93. The summed E-state index contributed by atoms with van der Waals surface area (Å²) < 4.78 is 0. The molecule has 0 bridgehead atoms. The maximum absolute atomic E-state index is 10.1. The molecule has 0 aliphatic heterocycles. The fraction of sp³-hybridized carbons (Fsp3) is 0.500. The molecule has 0 saturated carbocycles. The van der Waals surface area contributed by atoms with Crippen molar-refractivity contribution in [2.75, 3.05) is 5.33 Å². The van der Waals surface area contributed by atoms with Gasteiger partial charge in [-0.3, -0.25) is 4.79 Å². The zero-order valence-corrected chi connectivity index (χ0v) is 5.23. The number of Topliss-reactive ketones (excluding diaryl/α,β-unsaturated/α-hetero) is 1. The standard InChI is InChI=1S/C4H4BrNO/c5-3-4(7)1-2-6/h1,3H2. The molecule has 0 saturated heterocycles. The fourth-order valence-corrected chi connectivity index (χ4v) is 0.334. The Balaban J connectivity index is 3.23. The van der Waals surface area contributed by atoms with Gasteiger partial charge in [-0.25, -0.2) is 0 Å². The molecule has 38 valence electrons. The molecule has 0 aliphatic carbocycles. The van der Waals surface area contributed by atoms with E-state index in [9.17, 15) is 4.79 Å². The van der Waals surface area contributed by atoms with Crippen LogP contribution < -0.4 is 0 Å². The minimum Gasteiger partial charge on any atom is -0.298 e. The first kappa shape index (κ1) is 6.64. The number of hydrogen-bond donors (Lipinski definition) is 0. The van der Waals surface area contributed by atoms with Crippen molar-refractivity contribution in [2.24, 2.45) is 0 Å². The van der Waals surface area contributed by atoms with Crippen LogP contribution in [-0.2, 0) is 4.79 Å². The lowest BCUT2D eigenvalue weighted by Gasteiger charge is -1.78.